The van der Waals surface area contributed by atoms with Crippen LogP contribution in [0.15, 0.2) is 24.5 Å². The summed E-state index contributed by atoms with van der Waals surface area (Å²) in [6.45, 7) is 10.1. The van der Waals surface area contributed by atoms with Gasteiger partial charge in [0.25, 0.3) is 0 Å². The van der Waals surface area contributed by atoms with Gasteiger partial charge >= 0.3 is 0 Å². The predicted molar refractivity (Wildman–Crippen MR) is 84.1 cm³/mol. The molecule has 2 heterocycles. The summed E-state index contributed by atoms with van der Waals surface area (Å²) in [4.78, 5) is 13.2. The Labute approximate surface area is 125 Å². The van der Waals surface area contributed by atoms with Gasteiger partial charge in [0.1, 0.15) is 5.82 Å². The lowest BCUT2D eigenvalue weighted by Crippen LogP contribution is -2.17. The van der Waals surface area contributed by atoms with E-state index in [1.165, 1.54) is 0 Å². The molecule has 0 aliphatic carbocycles. The summed E-state index contributed by atoms with van der Waals surface area (Å²) in [6, 6.07) is 3.77. The lowest BCUT2D eigenvalue weighted by molar-refractivity contribution is 0.232. The minimum absolute atomic E-state index is 0.104. The number of ether oxygens (including phenoxy) is 1. The third-order valence-electron chi connectivity index (χ3n) is 2.90. The van der Waals surface area contributed by atoms with E-state index in [4.69, 9.17) is 10.5 Å². The molecule has 5 heteroatoms. The molecule has 2 aromatic rings. The number of nitrogen functional groups attached to an aromatic ring is 1. The fraction of sp³-hybridized carbons (Fsp3) is 0.438. The SMILES string of the molecule is CC(C)Oc1ccc(-c2cnc(N)c(C(C)(C)C)n2)cn1. The second-order valence-corrected chi connectivity index (χ2v) is 6.29. The maximum Gasteiger partial charge on any atom is 0.213 e. The van der Waals surface area contributed by atoms with Crippen LogP contribution < -0.4 is 10.5 Å². The van der Waals surface area contributed by atoms with Gasteiger partial charge in [0.2, 0.25) is 5.88 Å². The highest BCUT2D eigenvalue weighted by molar-refractivity contribution is 5.59. The third-order valence-corrected chi connectivity index (χ3v) is 2.90. The molecule has 0 aliphatic heterocycles. The highest BCUT2D eigenvalue weighted by Crippen LogP contribution is 2.27. The molecular weight excluding hydrogens is 264 g/mol. The van der Waals surface area contributed by atoms with Crippen molar-refractivity contribution in [1.29, 1.82) is 0 Å². The van der Waals surface area contributed by atoms with Crippen molar-refractivity contribution < 1.29 is 4.74 Å². The molecule has 0 aromatic carbocycles. The van der Waals surface area contributed by atoms with Crippen molar-refractivity contribution in [3.05, 3.63) is 30.2 Å². The van der Waals surface area contributed by atoms with E-state index in [2.05, 4.69) is 35.7 Å². The van der Waals surface area contributed by atoms with E-state index in [1.807, 2.05) is 26.0 Å². The van der Waals surface area contributed by atoms with Crippen molar-refractivity contribution >= 4 is 5.82 Å². The van der Waals surface area contributed by atoms with Crippen LogP contribution in [0.4, 0.5) is 5.82 Å². The van der Waals surface area contributed by atoms with E-state index in [9.17, 15) is 0 Å². The molecule has 0 atom stereocenters. The van der Waals surface area contributed by atoms with Crippen molar-refractivity contribution in [3.63, 3.8) is 0 Å². The summed E-state index contributed by atoms with van der Waals surface area (Å²) in [5.41, 5.74) is 8.22. The van der Waals surface area contributed by atoms with Gasteiger partial charge in [-0.25, -0.2) is 15.0 Å². The minimum atomic E-state index is -0.152. The zero-order valence-corrected chi connectivity index (χ0v) is 13.2. The van der Waals surface area contributed by atoms with Crippen LogP contribution >= 0.6 is 0 Å². The molecule has 112 valence electrons. The molecule has 0 unspecified atom stereocenters. The molecule has 0 saturated heterocycles. The first-order valence-corrected chi connectivity index (χ1v) is 7.03. The fourth-order valence-corrected chi connectivity index (χ4v) is 1.93. The standard InChI is InChI=1S/C16H22N4O/c1-10(2)21-13-7-6-11(8-18-13)12-9-19-15(17)14(20-12)16(3,4)5/h6-10H,1-5H3,(H2,17,19). The molecule has 0 radical (unpaired) electrons. The van der Waals surface area contributed by atoms with Crippen molar-refractivity contribution in [2.24, 2.45) is 0 Å². The first-order valence-electron chi connectivity index (χ1n) is 7.03. The maximum atomic E-state index is 5.92. The Balaban J connectivity index is 2.34. The van der Waals surface area contributed by atoms with Gasteiger partial charge in [0.15, 0.2) is 0 Å². The van der Waals surface area contributed by atoms with Gasteiger partial charge in [0.05, 0.1) is 23.7 Å². The number of anilines is 1. The van der Waals surface area contributed by atoms with Crippen LogP contribution in [-0.4, -0.2) is 21.1 Å². The van der Waals surface area contributed by atoms with Crippen LogP contribution in [0, 0.1) is 0 Å². The zero-order chi connectivity index (χ0) is 15.6. The number of rotatable bonds is 3. The molecule has 21 heavy (non-hydrogen) atoms. The van der Waals surface area contributed by atoms with E-state index >= 15 is 0 Å². The largest absolute Gasteiger partial charge is 0.475 e. The lowest BCUT2D eigenvalue weighted by atomic mass is 9.91. The van der Waals surface area contributed by atoms with Crippen LogP contribution in [0.1, 0.15) is 40.3 Å². The Morgan fingerprint density at radius 1 is 1.10 bits per heavy atom. The minimum Gasteiger partial charge on any atom is -0.475 e. The smallest absolute Gasteiger partial charge is 0.213 e. The molecule has 0 amide bonds. The number of nitrogens with zero attached hydrogens (tertiary/aromatic N) is 3. The molecular formula is C16H22N4O. The van der Waals surface area contributed by atoms with Crippen LogP contribution in [0.3, 0.4) is 0 Å². The number of nitrogens with two attached hydrogens (primary N) is 1. The van der Waals surface area contributed by atoms with E-state index in [0.717, 1.165) is 17.0 Å². The average molecular weight is 286 g/mol. The van der Waals surface area contributed by atoms with Gasteiger partial charge < -0.3 is 10.5 Å². The number of pyridine rings is 1. The van der Waals surface area contributed by atoms with E-state index < -0.39 is 0 Å². The van der Waals surface area contributed by atoms with Crippen molar-refractivity contribution in [1.82, 2.24) is 15.0 Å². The highest BCUT2D eigenvalue weighted by Gasteiger charge is 2.20. The zero-order valence-electron chi connectivity index (χ0n) is 13.2. The molecule has 0 spiro atoms. The second-order valence-electron chi connectivity index (χ2n) is 6.29. The monoisotopic (exact) mass is 286 g/mol. The van der Waals surface area contributed by atoms with Gasteiger partial charge in [-0.3, -0.25) is 0 Å². The topological polar surface area (TPSA) is 73.9 Å². The predicted octanol–water partition coefficient (Wildman–Crippen LogP) is 3.21. The van der Waals surface area contributed by atoms with E-state index in [0.29, 0.717) is 11.7 Å². The van der Waals surface area contributed by atoms with Gasteiger partial charge in [-0.15, -0.1) is 0 Å². The summed E-state index contributed by atoms with van der Waals surface area (Å²) in [7, 11) is 0. The first-order chi connectivity index (χ1) is 9.77. The summed E-state index contributed by atoms with van der Waals surface area (Å²) < 4.78 is 5.54. The number of aromatic nitrogens is 3. The molecule has 2 N–H and O–H groups in total. The van der Waals surface area contributed by atoms with Crippen LogP contribution in [0.5, 0.6) is 5.88 Å². The molecule has 5 nitrogen and oxygen atoms in total. The molecule has 0 saturated carbocycles. The Morgan fingerprint density at radius 3 is 2.33 bits per heavy atom. The Kier molecular flexibility index (Phi) is 4.11. The van der Waals surface area contributed by atoms with Crippen LogP contribution in [0.25, 0.3) is 11.3 Å². The van der Waals surface area contributed by atoms with Gasteiger partial charge in [0, 0.05) is 23.2 Å². The van der Waals surface area contributed by atoms with Crippen LogP contribution in [0.2, 0.25) is 0 Å². The van der Waals surface area contributed by atoms with Gasteiger partial charge in [-0.1, -0.05) is 20.8 Å². The molecule has 0 aliphatic rings. The van der Waals surface area contributed by atoms with E-state index in [-0.39, 0.29) is 11.5 Å². The normalized spacial score (nSPS) is 11.7. The summed E-state index contributed by atoms with van der Waals surface area (Å²) >= 11 is 0. The van der Waals surface area contributed by atoms with Gasteiger partial charge in [-0.2, -0.15) is 0 Å². The Bertz CT molecular complexity index is 615. The summed E-state index contributed by atoms with van der Waals surface area (Å²) in [5, 5.41) is 0. The quantitative estimate of drug-likeness (QED) is 0.937. The highest BCUT2D eigenvalue weighted by atomic mass is 16.5. The fourth-order valence-electron chi connectivity index (χ4n) is 1.93. The maximum absolute atomic E-state index is 5.92. The molecule has 0 bridgehead atoms. The number of hydrogen-bond acceptors (Lipinski definition) is 5. The van der Waals surface area contributed by atoms with Crippen molar-refractivity contribution in [3.8, 4) is 17.1 Å². The van der Waals surface area contributed by atoms with E-state index in [1.54, 1.807) is 12.4 Å². The Hall–Kier alpha value is -2.17. The Morgan fingerprint density at radius 2 is 1.81 bits per heavy atom. The summed E-state index contributed by atoms with van der Waals surface area (Å²) in [6.07, 6.45) is 3.52. The second kappa shape index (κ2) is 5.68. The molecule has 2 rings (SSSR count). The third kappa shape index (κ3) is 3.68. The summed E-state index contributed by atoms with van der Waals surface area (Å²) in [5.74, 6) is 1.08. The molecule has 2 aromatic heterocycles. The van der Waals surface area contributed by atoms with Gasteiger partial charge in [-0.05, 0) is 19.9 Å². The average Bonchev–Trinajstić information content (AvgIpc) is 2.38. The number of hydrogen-bond donors (Lipinski definition) is 1. The van der Waals surface area contributed by atoms with Crippen molar-refractivity contribution in [2.75, 3.05) is 5.73 Å². The van der Waals surface area contributed by atoms with Crippen LogP contribution in [-0.2, 0) is 5.41 Å². The van der Waals surface area contributed by atoms with Crippen molar-refractivity contribution in [2.45, 2.75) is 46.1 Å². The molecule has 0 fully saturated rings. The lowest BCUT2D eigenvalue weighted by Gasteiger charge is -2.19. The first kappa shape index (κ1) is 15.2.